The van der Waals surface area contributed by atoms with Gasteiger partial charge in [0.2, 0.25) is 11.8 Å². The highest BCUT2D eigenvalue weighted by atomic mass is 16.1. The molecule has 1 heterocycles. The summed E-state index contributed by atoms with van der Waals surface area (Å²) in [7, 11) is 0. The first kappa shape index (κ1) is 13.7. The summed E-state index contributed by atoms with van der Waals surface area (Å²) in [5.41, 5.74) is 13.0. The standard InChI is InChI=1S/C15H15N3O2/c1-9(10-6-11(14(16)19)8-18-7-10)12-4-2-3-5-13(12)15(17)20/h2-9H,1H3,(H2,16,19)(H2,17,20). The molecule has 4 N–H and O–H groups in total. The number of primary amides is 2. The van der Waals surface area contributed by atoms with Gasteiger partial charge in [-0.3, -0.25) is 14.6 Å². The zero-order chi connectivity index (χ0) is 14.7. The maximum Gasteiger partial charge on any atom is 0.250 e. The summed E-state index contributed by atoms with van der Waals surface area (Å²) in [5, 5.41) is 0. The molecule has 5 nitrogen and oxygen atoms in total. The SMILES string of the molecule is CC(c1cncc(C(N)=O)c1)c1ccccc1C(N)=O. The largest absolute Gasteiger partial charge is 0.366 e. The monoisotopic (exact) mass is 269 g/mol. The molecule has 0 aliphatic rings. The van der Waals surface area contributed by atoms with Crippen LogP contribution in [0.3, 0.4) is 0 Å². The van der Waals surface area contributed by atoms with E-state index in [-0.39, 0.29) is 5.92 Å². The zero-order valence-electron chi connectivity index (χ0n) is 11.0. The van der Waals surface area contributed by atoms with Crippen LogP contribution in [0.5, 0.6) is 0 Å². The van der Waals surface area contributed by atoms with Crippen molar-refractivity contribution >= 4 is 11.8 Å². The predicted octanol–water partition coefficient (Wildman–Crippen LogP) is 1.43. The third-order valence-electron chi connectivity index (χ3n) is 3.24. The number of nitrogens with zero attached hydrogens (tertiary/aromatic N) is 1. The van der Waals surface area contributed by atoms with Crippen molar-refractivity contribution < 1.29 is 9.59 Å². The van der Waals surface area contributed by atoms with Gasteiger partial charge in [-0.15, -0.1) is 0 Å². The molecule has 2 aromatic rings. The summed E-state index contributed by atoms with van der Waals surface area (Å²) in [6, 6.07) is 8.79. The van der Waals surface area contributed by atoms with Crippen molar-refractivity contribution in [2.45, 2.75) is 12.8 Å². The minimum absolute atomic E-state index is 0.120. The minimum atomic E-state index is -0.533. The summed E-state index contributed by atoms with van der Waals surface area (Å²) in [6.45, 7) is 1.92. The molecular formula is C15H15N3O2. The molecular weight excluding hydrogens is 254 g/mol. The van der Waals surface area contributed by atoms with Gasteiger partial charge in [0.25, 0.3) is 0 Å². The Bertz CT molecular complexity index is 668. The van der Waals surface area contributed by atoms with E-state index >= 15 is 0 Å². The maximum absolute atomic E-state index is 11.5. The molecule has 0 saturated carbocycles. The Labute approximate surface area is 116 Å². The lowest BCUT2D eigenvalue weighted by Gasteiger charge is -2.15. The molecule has 1 unspecified atom stereocenters. The molecule has 0 aliphatic carbocycles. The van der Waals surface area contributed by atoms with Gasteiger partial charge in [0.15, 0.2) is 0 Å². The maximum atomic E-state index is 11.5. The van der Waals surface area contributed by atoms with Gasteiger partial charge in [0.05, 0.1) is 5.56 Å². The fourth-order valence-electron chi connectivity index (χ4n) is 2.11. The van der Waals surface area contributed by atoms with Crippen molar-refractivity contribution in [1.82, 2.24) is 4.98 Å². The van der Waals surface area contributed by atoms with E-state index in [2.05, 4.69) is 4.98 Å². The molecule has 102 valence electrons. The molecule has 0 spiro atoms. The molecule has 0 fully saturated rings. The number of nitrogens with two attached hydrogens (primary N) is 2. The number of carbonyl (C=O) groups is 2. The second kappa shape index (κ2) is 5.52. The molecule has 0 aliphatic heterocycles. The van der Waals surface area contributed by atoms with Crippen molar-refractivity contribution in [3.8, 4) is 0 Å². The molecule has 2 rings (SSSR count). The molecule has 5 heteroatoms. The Hall–Kier alpha value is -2.69. The first-order valence-corrected chi connectivity index (χ1v) is 6.14. The second-order valence-electron chi connectivity index (χ2n) is 4.54. The Morgan fingerprint density at radius 3 is 2.45 bits per heavy atom. The molecule has 1 aromatic heterocycles. The second-order valence-corrected chi connectivity index (χ2v) is 4.54. The van der Waals surface area contributed by atoms with Crippen molar-refractivity contribution in [2.24, 2.45) is 11.5 Å². The first-order chi connectivity index (χ1) is 9.50. The Kier molecular flexibility index (Phi) is 3.79. The third-order valence-corrected chi connectivity index (χ3v) is 3.24. The van der Waals surface area contributed by atoms with Crippen LogP contribution in [0.2, 0.25) is 0 Å². The number of hydrogen-bond donors (Lipinski definition) is 2. The fourth-order valence-corrected chi connectivity index (χ4v) is 2.11. The van der Waals surface area contributed by atoms with E-state index in [0.29, 0.717) is 11.1 Å². The highest BCUT2D eigenvalue weighted by Gasteiger charge is 2.16. The van der Waals surface area contributed by atoms with Crippen LogP contribution >= 0.6 is 0 Å². The van der Waals surface area contributed by atoms with Crippen LogP contribution in [0, 0.1) is 0 Å². The number of aromatic nitrogens is 1. The minimum Gasteiger partial charge on any atom is -0.366 e. The third kappa shape index (κ3) is 2.66. The zero-order valence-corrected chi connectivity index (χ0v) is 11.0. The summed E-state index contributed by atoms with van der Waals surface area (Å²) in [5.74, 6) is -1.13. The predicted molar refractivity (Wildman–Crippen MR) is 75.2 cm³/mol. The Morgan fingerprint density at radius 1 is 1.10 bits per heavy atom. The van der Waals surface area contributed by atoms with E-state index in [1.54, 1.807) is 24.4 Å². The normalized spacial score (nSPS) is 11.8. The lowest BCUT2D eigenvalue weighted by molar-refractivity contribution is 0.0990. The highest BCUT2D eigenvalue weighted by Crippen LogP contribution is 2.26. The van der Waals surface area contributed by atoms with Gasteiger partial charge in [-0.2, -0.15) is 0 Å². The molecule has 0 saturated heterocycles. The van der Waals surface area contributed by atoms with Crippen LogP contribution in [-0.4, -0.2) is 16.8 Å². The van der Waals surface area contributed by atoms with E-state index in [1.807, 2.05) is 19.1 Å². The number of amides is 2. The van der Waals surface area contributed by atoms with Crippen molar-refractivity contribution in [3.63, 3.8) is 0 Å². The molecule has 0 radical (unpaired) electrons. The average molecular weight is 269 g/mol. The molecule has 2 amide bonds. The summed E-state index contributed by atoms with van der Waals surface area (Å²) in [4.78, 5) is 26.7. The van der Waals surface area contributed by atoms with Crippen LogP contribution in [-0.2, 0) is 0 Å². The lowest BCUT2D eigenvalue weighted by atomic mass is 9.90. The van der Waals surface area contributed by atoms with Crippen molar-refractivity contribution in [1.29, 1.82) is 0 Å². The van der Waals surface area contributed by atoms with E-state index in [4.69, 9.17) is 11.5 Å². The highest BCUT2D eigenvalue weighted by molar-refractivity contribution is 5.95. The van der Waals surface area contributed by atoms with Crippen molar-refractivity contribution in [3.05, 3.63) is 65.0 Å². The quantitative estimate of drug-likeness (QED) is 0.878. The van der Waals surface area contributed by atoms with E-state index in [9.17, 15) is 9.59 Å². The summed E-state index contributed by atoms with van der Waals surface area (Å²) in [6.07, 6.45) is 3.06. The van der Waals surface area contributed by atoms with E-state index < -0.39 is 11.8 Å². The summed E-state index contributed by atoms with van der Waals surface area (Å²) >= 11 is 0. The van der Waals surface area contributed by atoms with Crippen molar-refractivity contribution in [2.75, 3.05) is 0 Å². The Morgan fingerprint density at radius 2 is 1.80 bits per heavy atom. The average Bonchev–Trinajstić information content (AvgIpc) is 2.46. The van der Waals surface area contributed by atoms with Gasteiger partial charge >= 0.3 is 0 Å². The number of carbonyl (C=O) groups excluding carboxylic acids is 2. The molecule has 20 heavy (non-hydrogen) atoms. The smallest absolute Gasteiger partial charge is 0.250 e. The van der Waals surface area contributed by atoms with E-state index in [1.165, 1.54) is 6.20 Å². The number of benzene rings is 1. The summed E-state index contributed by atoms with van der Waals surface area (Å²) < 4.78 is 0. The number of rotatable bonds is 4. The number of hydrogen-bond acceptors (Lipinski definition) is 3. The first-order valence-electron chi connectivity index (χ1n) is 6.14. The topological polar surface area (TPSA) is 99.1 Å². The van der Waals surface area contributed by atoms with Gasteiger partial charge in [-0.1, -0.05) is 25.1 Å². The molecule has 0 bridgehead atoms. The van der Waals surface area contributed by atoms with Crippen LogP contribution < -0.4 is 11.5 Å². The van der Waals surface area contributed by atoms with E-state index in [0.717, 1.165) is 11.1 Å². The molecule has 1 aromatic carbocycles. The van der Waals surface area contributed by atoms with Gasteiger partial charge in [0.1, 0.15) is 0 Å². The fraction of sp³-hybridized carbons (Fsp3) is 0.133. The van der Waals surface area contributed by atoms with Crippen LogP contribution in [0.1, 0.15) is 44.7 Å². The Balaban J connectivity index is 2.46. The van der Waals surface area contributed by atoms with Gasteiger partial charge in [0, 0.05) is 23.9 Å². The van der Waals surface area contributed by atoms with Gasteiger partial charge in [-0.25, -0.2) is 0 Å². The van der Waals surface area contributed by atoms with Crippen LogP contribution in [0.4, 0.5) is 0 Å². The van der Waals surface area contributed by atoms with Gasteiger partial charge in [-0.05, 0) is 23.3 Å². The molecule has 1 atom stereocenters. The van der Waals surface area contributed by atoms with Gasteiger partial charge < -0.3 is 11.5 Å². The van der Waals surface area contributed by atoms with Crippen LogP contribution in [0.25, 0.3) is 0 Å². The lowest BCUT2D eigenvalue weighted by Crippen LogP contribution is -2.16. The number of pyridine rings is 1. The van der Waals surface area contributed by atoms with Crippen LogP contribution in [0.15, 0.2) is 42.7 Å².